The standard InChI is InChI=1S/C9H20N2O2/c1-2-8-5-11(4-3-10-8)6-9(13)7-12/h8-10,12-13H,2-7H2,1H3. The number of aliphatic hydroxyl groups is 2. The van der Waals surface area contributed by atoms with E-state index in [0.29, 0.717) is 12.6 Å². The highest BCUT2D eigenvalue weighted by atomic mass is 16.3. The minimum atomic E-state index is -0.587. The molecule has 0 aromatic heterocycles. The van der Waals surface area contributed by atoms with Gasteiger partial charge >= 0.3 is 0 Å². The van der Waals surface area contributed by atoms with Crippen molar-refractivity contribution < 1.29 is 10.2 Å². The maximum absolute atomic E-state index is 9.26. The van der Waals surface area contributed by atoms with Crippen molar-refractivity contribution in [2.45, 2.75) is 25.5 Å². The van der Waals surface area contributed by atoms with Crippen molar-refractivity contribution in [3.05, 3.63) is 0 Å². The maximum atomic E-state index is 9.26. The van der Waals surface area contributed by atoms with Crippen molar-refractivity contribution in [2.24, 2.45) is 0 Å². The van der Waals surface area contributed by atoms with Crippen LogP contribution in [0.15, 0.2) is 0 Å². The molecule has 0 amide bonds. The highest BCUT2D eigenvalue weighted by molar-refractivity contribution is 4.78. The second-order valence-electron chi connectivity index (χ2n) is 3.66. The molecule has 0 bridgehead atoms. The van der Waals surface area contributed by atoms with E-state index in [0.717, 1.165) is 26.1 Å². The van der Waals surface area contributed by atoms with Gasteiger partial charge in [0.05, 0.1) is 12.7 Å². The van der Waals surface area contributed by atoms with Crippen LogP contribution in [0.5, 0.6) is 0 Å². The summed E-state index contributed by atoms with van der Waals surface area (Å²) in [4.78, 5) is 2.20. The van der Waals surface area contributed by atoms with E-state index in [-0.39, 0.29) is 6.61 Å². The zero-order chi connectivity index (χ0) is 9.68. The Kier molecular flexibility index (Phi) is 4.66. The van der Waals surface area contributed by atoms with Crippen molar-refractivity contribution in [1.82, 2.24) is 10.2 Å². The van der Waals surface area contributed by atoms with Crippen LogP contribution >= 0.6 is 0 Å². The molecule has 1 saturated heterocycles. The summed E-state index contributed by atoms with van der Waals surface area (Å²) in [5.74, 6) is 0. The Morgan fingerprint density at radius 1 is 1.62 bits per heavy atom. The number of nitrogens with one attached hydrogen (secondary N) is 1. The topological polar surface area (TPSA) is 55.7 Å². The Morgan fingerprint density at radius 2 is 2.38 bits per heavy atom. The molecule has 1 fully saturated rings. The van der Waals surface area contributed by atoms with E-state index in [2.05, 4.69) is 17.1 Å². The summed E-state index contributed by atoms with van der Waals surface area (Å²) in [6, 6.07) is 0.541. The van der Waals surface area contributed by atoms with Crippen molar-refractivity contribution in [1.29, 1.82) is 0 Å². The lowest BCUT2D eigenvalue weighted by atomic mass is 10.1. The van der Waals surface area contributed by atoms with Crippen LogP contribution in [0.1, 0.15) is 13.3 Å². The molecule has 13 heavy (non-hydrogen) atoms. The minimum absolute atomic E-state index is 0.138. The first-order chi connectivity index (χ1) is 6.26. The van der Waals surface area contributed by atoms with Gasteiger partial charge in [0.1, 0.15) is 0 Å². The summed E-state index contributed by atoms with van der Waals surface area (Å²) in [7, 11) is 0. The van der Waals surface area contributed by atoms with Gasteiger partial charge in [-0.05, 0) is 6.42 Å². The molecule has 4 heteroatoms. The Hall–Kier alpha value is -0.160. The van der Waals surface area contributed by atoms with Gasteiger partial charge in [-0.25, -0.2) is 0 Å². The third-order valence-electron chi connectivity index (χ3n) is 2.51. The van der Waals surface area contributed by atoms with Crippen LogP contribution < -0.4 is 5.32 Å². The van der Waals surface area contributed by atoms with Crippen molar-refractivity contribution in [3.63, 3.8) is 0 Å². The quantitative estimate of drug-likeness (QED) is 0.531. The number of nitrogens with zero attached hydrogens (tertiary/aromatic N) is 1. The normalized spacial score (nSPS) is 27.5. The largest absolute Gasteiger partial charge is 0.394 e. The Morgan fingerprint density at radius 3 is 3.00 bits per heavy atom. The molecule has 1 heterocycles. The lowest BCUT2D eigenvalue weighted by molar-refractivity contribution is 0.0495. The monoisotopic (exact) mass is 188 g/mol. The van der Waals surface area contributed by atoms with Gasteiger partial charge < -0.3 is 15.5 Å². The first-order valence-electron chi connectivity index (χ1n) is 5.01. The summed E-state index contributed by atoms with van der Waals surface area (Å²) >= 11 is 0. The molecule has 0 aliphatic carbocycles. The first kappa shape index (κ1) is 10.9. The molecule has 1 aliphatic heterocycles. The zero-order valence-corrected chi connectivity index (χ0v) is 8.24. The van der Waals surface area contributed by atoms with E-state index < -0.39 is 6.10 Å². The summed E-state index contributed by atoms with van der Waals surface area (Å²) in [5, 5.41) is 21.4. The van der Waals surface area contributed by atoms with Gasteiger partial charge in [-0.1, -0.05) is 6.92 Å². The number of piperazine rings is 1. The highest BCUT2D eigenvalue weighted by Gasteiger charge is 2.19. The molecule has 0 saturated carbocycles. The number of aliphatic hydroxyl groups excluding tert-OH is 2. The second-order valence-corrected chi connectivity index (χ2v) is 3.66. The highest BCUT2D eigenvalue weighted by Crippen LogP contribution is 2.02. The van der Waals surface area contributed by atoms with Gasteiger partial charge in [-0.3, -0.25) is 4.90 Å². The van der Waals surface area contributed by atoms with Gasteiger partial charge in [0.2, 0.25) is 0 Å². The van der Waals surface area contributed by atoms with Crippen molar-refractivity contribution in [2.75, 3.05) is 32.8 Å². The van der Waals surface area contributed by atoms with Gasteiger partial charge in [0, 0.05) is 32.2 Å². The van der Waals surface area contributed by atoms with Crippen LogP contribution in [0.2, 0.25) is 0 Å². The number of hydrogen-bond acceptors (Lipinski definition) is 4. The fraction of sp³-hybridized carbons (Fsp3) is 1.00. The minimum Gasteiger partial charge on any atom is -0.394 e. The molecule has 1 aliphatic rings. The van der Waals surface area contributed by atoms with E-state index in [1.54, 1.807) is 0 Å². The van der Waals surface area contributed by atoms with Gasteiger partial charge in [-0.2, -0.15) is 0 Å². The van der Waals surface area contributed by atoms with Crippen LogP contribution in [0, 0.1) is 0 Å². The van der Waals surface area contributed by atoms with Crippen molar-refractivity contribution >= 4 is 0 Å². The summed E-state index contributed by atoms with van der Waals surface area (Å²) in [6.45, 7) is 5.54. The molecule has 3 N–H and O–H groups in total. The predicted octanol–water partition coefficient (Wildman–Crippen LogP) is -0.977. The van der Waals surface area contributed by atoms with E-state index in [4.69, 9.17) is 5.11 Å². The number of β-amino-alcohol motifs (C(OH)–C–C–N with tert-alkyl or cyclic N) is 1. The molecular weight excluding hydrogens is 168 g/mol. The van der Waals surface area contributed by atoms with E-state index in [1.165, 1.54) is 0 Å². The number of hydrogen-bond donors (Lipinski definition) is 3. The van der Waals surface area contributed by atoms with Crippen LogP contribution in [-0.2, 0) is 0 Å². The average Bonchev–Trinajstić information content (AvgIpc) is 2.18. The molecule has 2 atom stereocenters. The first-order valence-corrected chi connectivity index (χ1v) is 5.01. The fourth-order valence-electron chi connectivity index (χ4n) is 1.69. The Balaban J connectivity index is 2.25. The molecule has 0 aromatic carbocycles. The van der Waals surface area contributed by atoms with Gasteiger partial charge in [0.25, 0.3) is 0 Å². The van der Waals surface area contributed by atoms with Crippen LogP contribution in [0.25, 0.3) is 0 Å². The average molecular weight is 188 g/mol. The Labute approximate surface area is 79.6 Å². The molecular formula is C9H20N2O2. The van der Waals surface area contributed by atoms with Gasteiger partial charge in [-0.15, -0.1) is 0 Å². The number of rotatable bonds is 4. The van der Waals surface area contributed by atoms with E-state index in [1.807, 2.05) is 0 Å². The predicted molar refractivity (Wildman–Crippen MR) is 51.6 cm³/mol. The van der Waals surface area contributed by atoms with E-state index >= 15 is 0 Å². The van der Waals surface area contributed by atoms with Crippen LogP contribution in [-0.4, -0.2) is 60.0 Å². The lowest BCUT2D eigenvalue weighted by Gasteiger charge is -2.34. The SMILES string of the molecule is CCC1CN(CC(O)CO)CCN1. The summed E-state index contributed by atoms with van der Waals surface area (Å²) in [6.07, 6.45) is 0.529. The molecule has 1 rings (SSSR count). The zero-order valence-electron chi connectivity index (χ0n) is 8.24. The third-order valence-corrected chi connectivity index (χ3v) is 2.51. The second kappa shape index (κ2) is 5.54. The molecule has 2 unspecified atom stereocenters. The lowest BCUT2D eigenvalue weighted by Crippen LogP contribution is -2.52. The molecule has 0 aromatic rings. The van der Waals surface area contributed by atoms with Crippen LogP contribution in [0.4, 0.5) is 0 Å². The van der Waals surface area contributed by atoms with Crippen LogP contribution in [0.3, 0.4) is 0 Å². The maximum Gasteiger partial charge on any atom is 0.0897 e. The summed E-state index contributed by atoms with van der Waals surface area (Å²) in [5.41, 5.74) is 0. The third kappa shape index (κ3) is 3.60. The van der Waals surface area contributed by atoms with Gasteiger partial charge in [0.15, 0.2) is 0 Å². The molecule has 4 nitrogen and oxygen atoms in total. The fourth-order valence-corrected chi connectivity index (χ4v) is 1.69. The Bertz CT molecular complexity index is 142. The van der Waals surface area contributed by atoms with Crippen molar-refractivity contribution in [3.8, 4) is 0 Å². The summed E-state index contributed by atoms with van der Waals surface area (Å²) < 4.78 is 0. The molecule has 0 spiro atoms. The van der Waals surface area contributed by atoms with E-state index in [9.17, 15) is 5.11 Å². The molecule has 0 radical (unpaired) electrons. The smallest absolute Gasteiger partial charge is 0.0897 e. The molecule has 78 valence electrons.